The molecule has 2 aliphatic rings. The average molecular weight is 298 g/mol. The van der Waals surface area contributed by atoms with E-state index in [9.17, 15) is 0 Å². The minimum Gasteiger partial charge on any atom is -0.310 e. The third-order valence-corrected chi connectivity index (χ3v) is 4.90. The molecule has 0 aliphatic carbocycles. The number of hydrogen-bond donors (Lipinski definition) is 1. The molecule has 0 unspecified atom stereocenters. The molecule has 0 amide bonds. The number of rotatable bonds is 1. The Morgan fingerprint density at radius 1 is 1.14 bits per heavy atom. The molecule has 1 aromatic carbocycles. The zero-order valence-corrected chi connectivity index (χ0v) is 11.8. The maximum atomic E-state index is 6.09. The van der Waals surface area contributed by atoms with Crippen LogP contribution in [0.1, 0.15) is 35.7 Å². The highest BCUT2D eigenvalue weighted by Gasteiger charge is 2.44. The van der Waals surface area contributed by atoms with Crippen molar-refractivity contribution in [2.75, 3.05) is 0 Å². The molecule has 3 atom stereocenters. The van der Waals surface area contributed by atoms with E-state index >= 15 is 0 Å². The molecule has 1 fully saturated rings. The molecule has 2 bridgehead atoms. The molecule has 0 spiro atoms. The highest BCUT2D eigenvalue weighted by atomic mass is 35.5. The smallest absolute Gasteiger partial charge is 0.165 e. The van der Waals surface area contributed by atoms with Crippen molar-refractivity contribution in [1.82, 2.24) is 24.8 Å². The Morgan fingerprint density at radius 3 is 2.90 bits per heavy atom. The Bertz CT molecular complexity index is 858. The summed E-state index contributed by atoms with van der Waals surface area (Å²) in [5.41, 5.74) is 4.30. The predicted molar refractivity (Wildman–Crippen MR) is 79.0 cm³/mol. The Labute approximate surface area is 126 Å². The minimum absolute atomic E-state index is 0.317. The topological polar surface area (TPSA) is 55.6 Å². The maximum Gasteiger partial charge on any atom is 0.165 e. The lowest BCUT2D eigenvalue weighted by molar-refractivity contribution is 0.450. The highest BCUT2D eigenvalue weighted by molar-refractivity contribution is 6.33. The van der Waals surface area contributed by atoms with E-state index in [0.717, 1.165) is 12.1 Å². The Kier molecular flexibility index (Phi) is 2.23. The van der Waals surface area contributed by atoms with Crippen LogP contribution in [-0.2, 0) is 0 Å². The molecule has 1 N–H and O–H groups in total. The van der Waals surface area contributed by atoms with E-state index in [-0.39, 0.29) is 0 Å². The van der Waals surface area contributed by atoms with Crippen LogP contribution in [0, 0.1) is 0 Å². The van der Waals surface area contributed by atoms with Crippen molar-refractivity contribution < 1.29 is 0 Å². The van der Waals surface area contributed by atoms with Crippen LogP contribution in [0.3, 0.4) is 0 Å². The van der Waals surface area contributed by atoms with Gasteiger partial charge in [-0.2, -0.15) is 0 Å². The van der Waals surface area contributed by atoms with Crippen LogP contribution in [0.4, 0.5) is 0 Å². The van der Waals surface area contributed by atoms with Crippen molar-refractivity contribution in [2.24, 2.45) is 0 Å². The third-order valence-electron chi connectivity index (χ3n) is 4.62. The summed E-state index contributed by atoms with van der Waals surface area (Å²) in [5, 5.41) is 4.10. The number of hydrogen-bond acceptors (Lipinski definition) is 4. The first kappa shape index (κ1) is 11.7. The van der Waals surface area contributed by atoms with Crippen LogP contribution in [0.25, 0.3) is 11.2 Å². The zero-order chi connectivity index (χ0) is 14.0. The number of fused-ring (bicyclic) bond motifs is 6. The van der Waals surface area contributed by atoms with Gasteiger partial charge in [-0.3, -0.25) is 0 Å². The zero-order valence-electron chi connectivity index (χ0n) is 11.1. The van der Waals surface area contributed by atoms with Crippen molar-refractivity contribution in [3.63, 3.8) is 0 Å². The van der Waals surface area contributed by atoms with Gasteiger partial charge in [-0.15, -0.1) is 0 Å². The molecule has 5 rings (SSSR count). The summed E-state index contributed by atoms with van der Waals surface area (Å²) in [7, 11) is 0. The largest absolute Gasteiger partial charge is 0.310 e. The monoisotopic (exact) mass is 297 g/mol. The summed E-state index contributed by atoms with van der Waals surface area (Å²) in [5.74, 6) is 0. The van der Waals surface area contributed by atoms with Crippen LogP contribution in [0.5, 0.6) is 0 Å². The Hall–Kier alpha value is -1.98. The van der Waals surface area contributed by atoms with Crippen molar-refractivity contribution in [2.45, 2.75) is 24.5 Å². The second-order valence-corrected chi connectivity index (χ2v) is 5.98. The van der Waals surface area contributed by atoms with Crippen molar-refractivity contribution in [3.05, 3.63) is 53.2 Å². The van der Waals surface area contributed by atoms with Gasteiger partial charge in [0.2, 0.25) is 0 Å². The number of nitrogens with one attached hydrogen (secondary N) is 1. The lowest BCUT2D eigenvalue weighted by Gasteiger charge is -2.24. The summed E-state index contributed by atoms with van der Waals surface area (Å²) in [6.07, 6.45) is 4.38. The number of nitrogens with zero attached hydrogens (tertiary/aromatic N) is 4. The van der Waals surface area contributed by atoms with Gasteiger partial charge in [-0.05, 0) is 17.5 Å². The van der Waals surface area contributed by atoms with Crippen molar-refractivity contribution >= 4 is 22.8 Å². The SMILES string of the molecule is Clc1ncnc2c1ncn2[C@H]1C[C@H]2N[C@@H]1c1ccccc12. The molecule has 2 aliphatic heterocycles. The summed E-state index contributed by atoms with van der Waals surface area (Å²) in [6, 6.07) is 9.69. The van der Waals surface area contributed by atoms with E-state index in [1.54, 1.807) is 0 Å². The van der Waals surface area contributed by atoms with Gasteiger partial charge >= 0.3 is 0 Å². The number of imidazole rings is 1. The highest BCUT2D eigenvalue weighted by Crippen LogP contribution is 2.51. The lowest BCUT2D eigenvalue weighted by Crippen LogP contribution is -2.18. The molecule has 6 heteroatoms. The first-order valence-electron chi connectivity index (χ1n) is 7.01. The summed E-state index contributed by atoms with van der Waals surface area (Å²) >= 11 is 6.09. The number of halogens is 1. The van der Waals surface area contributed by atoms with Crippen LogP contribution in [0.2, 0.25) is 5.15 Å². The summed E-state index contributed by atoms with van der Waals surface area (Å²) in [6.45, 7) is 0. The second-order valence-electron chi connectivity index (χ2n) is 5.62. The van der Waals surface area contributed by atoms with E-state index in [1.807, 2.05) is 6.33 Å². The van der Waals surface area contributed by atoms with Crippen LogP contribution in [-0.4, -0.2) is 19.5 Å². The van der Waals surface area contributed by atoms with Gasteiger partial charge in [0.1, 0.15) is 11.8 Å². The van der Waals surface area contributed by atoms with E-state index in [2.05, 4.69) is 49.1 Å². The predicted octanol–water partition coefficient (Wildman–Crippen LogP) is 2.81. The fraction of sp³-hybridized carbons (Fsp3) is 0.267. The van der Waals surface area contributed by atoms with Crippen molar-refractivity contribution in [3.8, 4) is 0 Å². The van der Waals surface area contributed by atoms with Gasteiger partial charge in [-0.25, -0.2) is 15.0 Å². The Morgan fingerprint density at radius 2 is 2.00 bits per heavy atom. The first-order chi connectivity index (χ1) is 10.3. The van der Waals surface area contributed by atoms with E-state index in [0.29, 0.717) is 28.8 Å². The van der Waals surface area contributed by atoms with Gasteiger partial charge in [0.15, 0.2) is 10.8 Å². The quantitative estimate of drug-likeness (QED) is 0.702. The lowest BCUT2D eigenvalue weighted by atomic mass is 9.88. The van der Waals surface area contributed by atoms with Gasteiger partial charge < -0.3 is 9.88 Å². The second kappa shape index (κ2) is 4.02. The maximum absolute atomic E-state index is 6.09. The van der Waals surface area contributed by atoms with Gasteiger partial charge in [0.25, 0.3) is 0 Å². The normalized spacial score (nSPS) is 26.4. The molecule has 0 saturated carbocycles. The van der Waals surface area contributed by atoms with Crippen LogP contribution >= 0.6 is 11.6 Å². The average Bonchev–Trinajstić information content (AvgIpc) is 3.20. The number of benzene rings is 1. The molecule has 104 valence electrons. The fourth-order valence-electron chi connectivity index (χ4n) is 3.74. The molecule has 5 nitrogen and oxygen atoms in total. The molecular formula is C15H12ClN5. The minimum atomic E-state index is 0.317. The van der Waals surface area contributed by atoms with Crippen molar-refractivity contribution in [1.29, 1.82) is 0 Å². The fourth-order valence-corrected chi connectivity index (χ4v) is 3.92. The molecule has 1 saturated heterocycles. The Balaban J connectivity index is 1.65. The molecule has 0 radical (unpaired) electrons. The first-order valence-corrected chi connectivity index (χ1v) is 7.38. The molecular weight excluding hydrogens is 286 g/mol. The van der Waals surface area contributed by atoms with E-state index in [4.69, 9.17) is 11.6 Å². The molecule has 3 aromatic rings. The van der Waals surface area contributed by atoms with E-state index < -0.39 is 0 Å². The van der Waals surface area contributed by atoms with Crippen LogP contribution in [0.15, 0.2) is 36.9 Å². The summed E-state index contributed by atoms with van der Waals surface area (Å²) in [4.78, 5) is 12.7. The summed E-state index contributed by atoms with van der Waals surface area (Å²) < 4.78 is 2.14. The van der Waals surface area contributed by atoms with Gasteiger partial charge in [0.05, 0.1) is 18.4 Å². The van der Waals surface area contributed by atoms with Gasteiger partial charge in [-0.1, -0.05) is 35.9 Å². The van der Waals surface area contributed by atoms with Crippen LogP contribution < -0.4 is 5.32 Å². The third kappa shape index (κ3) is 1.47. The number of aromatic nitrogens is 4. The molecule has 21 heavy (non-hydrogen) atoms. The van der Waals surface area contributed by atoms with E-state index in [1.165, 1.54) is 17.5 Å². The van der Waals surface area contributed by atoms with Gasteiger partial charge in [0, 0.05) is 6.04 Å². The standard InChI is InChI=1S/C15H12ClN5/c16-14-13-15(18-6-17-14)21(7-19-13)11-5-10-8-3-1-2-4-9(8)12(11)20-10/h1-4,6-7,10-12,20H,5H2/t10-,11+,12-/m1/s1. The molecule has 4 heterocycles. The molecule has 2 aromatic heterocycles.